The van der Waals surface area contributed by atoms with Crippen LogP contribution in [-0.2, 0) is 7.05 Å². The Labute approximate surface area is 120 Å². The molecule has 0 aliphatic carbocycles. The second kappa shape index (κ2) is 6.18. The number of nitro groups is 1. The Bertz CT molecular complexity index is 487. The van der Waals surface area contributed by atoms with Crippen molar-refractivity contribution in [3.05, 3.63) is 28.1 Å². The Morgan fingerprint density at radius 2 is 2.26 bits per heavy atom. The fourth-order valence-electron chi connectivity index (χ4n) is 1.75. The number of carbonyl (C=O) groups is 1. The topological polar surface area (TPSA) is 77.2 Å². The van der Waals surface area contributed by atoms with Gasteiger partial charge in [0, 0.05) is 24.0 Å². The summed E-state index contributed by atoms with van der Waals surface area (Å²) in [6, 6.07) is 1.29. The maximum absolute atomic E-state index is 12.2. The van der Waals surface area contributed by atoms with Gasteiger partial charge in [-0.25, -0.2) is 0 Å². The van der Waals surface area contributed by atoms with E-state index in [0.717, 1.165) is 18.2 Å². The highest BCUT2D eigenvalue weighted by molar-refractivity contribution is 9.09. The van der Waals surface area contributed by atoms with Gasteiger partial charge in [-0.3, -0.25) is 14.9 Å². The molecule has 1 aromatic heterocycles. The molecule has 0 aliphatic rings. The van der Waals surface area contributed by atoms with Crippen molar-refractivity contribution in [3.63, 3.8) is 0 Å². The van der Waals surface area contributed by atoms with E-state index in [1.807, 2.05) is 13.8 Å². The van der Waals surface area contributed by atoms with Crippen LogP contribution < -0.4 is 5.32 Å². The summed E-state index contributed by atoms with van der Waals surface area (Å²) in [7, 11) is 1.62. The van der Waals surface area contributed by atoms with Gasteiger partial charge in [-0.15, -0.1) is 0 Å². The Balaban J connectivity index is 2.91. The molecule has 6 nitrogen and oxygen atoms in total. The van der Waals surface area contributed by atoms with Crippen molar-refractivity contribution in [1.29, 1.82) is 0 Å². The zero-order valence-corrected chi connectivity index (χ0v) is 12.9. The van der Waals surface area contributed by atoms with Crippen molar-refractivity contribution < 1.29 is 9.72 Å². The third-order valence-corrected chi connectivity index (χ3v) is 3.67. The molecule has 0 radical (unpaired) electrons. The predicted molar refractivity (Wildman–Crippen MR) is 76.6 cm³/mol. The molecule has 106 valence electrons. The number of alkyl halides is 1. The van der Waals surface area contributed by atoms with E-state index in [-0.39, 0.29) is 17.1 Å². The summed E-state index contributed by atoms with van der Waals surface area (Å²) in [6.07, 6.45) is 2.92. The van der Waals surface area contributed by atoms with Gasteiger partial charge in [0.1, 0.15) is 5.69 Å². The third kappa shape index (κ3) is 3.79. The molecule has 19 heavy (non-hydrogen) atoms. The molecule has 0 spiro atoms. The number of nitrogens with zero attached hydrogens (tertiary/aromatic N) is 2. The van der Waals surface area contributed by atoms with E-state index >= 15 is 0 Å². The van der Waals surface area contributed by atoms with E-state index in [2.05, 4.69) is 21.2 Å². The van der Waals surface area contributed by atoms with Crippen LogP contribution in [0.3, 0.4) is 0 Å². The van der Waals surface area contributed by atoms with Crippen LogP contribution in [0.25, 0.3) is 0 Å². The van der Waals surface area contributed by atoms with Crippen molar-refractivity contribution in [3.8, 4) is 0 Å². The first-order valence-corrected chi connectivity index (χ1v) is 7.14. The molecule has 7 heteroatoms. The number of carbonyl (C=O) groups excluding carboxylic acids is 1. The molecule has 1 N–H and O–H groups in total. The van der Waals surface area contributed by atoms with Gasteiger partial charge < -0.3 is 9.88 Å². The van der Waals surface area contributed by atoms with Crippen LogP contribution in [0.15, 0.2) is 12.3 Å². The van der Waals surface area contributed by atoms with Gasteiger partial charge in [0.2, 0.25) is 0 Å². The van der Waals surface area contributed by atoms with E-state index in [4.69, 9.17) is 0 Å². The van der Waals surface area contributed by atoms with Crippen LogP contribution in [0, 0.1) is 10.1 Å². The van der Waals surface area contributed by atoms with Crippen LogP contribution in [-0.4, -0.2) is 26.3 Å². The van der Waals surface area contributed by atoms with Crippen molar-refractivity contribution in [2.75, 3.05) is 5.33 Å². The standard InChI is InChI=1S/C12H18BrN3O3/c1-4-12(2,5-6-13)14-11(17)10-7-9(16(18)19)8-15(10)3/h7-8H,4-6H2,1-3H3,(H,14,17). The zero-order chi connectivity index (χ0) is 14.6. The number of hydrogen-bond donors (Lipinski definition) is 1. The summed E-state index contributed by atoms with van der Waals surface area (Å²) in [5.74, 6) is -0.291. The van der Waals surface area contributed by atoms with Crippen LogP contribution >= 0.6 is 15.9 Å². The summed E-state index contributed by atoms with van der Waals surface area (Å²) in [6.45, 7) is 3.96. The average molecular weight is 332 g/mol. The smallest absolute Gasteiger partial charge is 0.287 e. The van der Waals surface area contributed by atoms with Gasteiger partial charge in [-0.05, 0) is 19.8 Å². The Morgan fingerprint density at radius 3 is 2.68 bits per heavy atom. The molecule has 0 saturated heterocycles. The van der Waals surface area contributed by atoms with E-state index < -0.39 is 4.92 Å². The number of nitrogens with one attached hydrogen (secondary N) is 1. The maximum Gasteiger partial charge on any atom is 0.287 e. The number of halogens is 1. The number of amides is 1. The van der Waals surface area contributed by atoms with E-state index in [0.29, 0.717) is 5.69 Å². The van der Waals surface area contributed by atoms with Gasteiger partial charge in [0.25, 0.3) is 11.6 Å². The Kier molecular flexibility index (Phi) is 5.11. The molecule has 1 amide bonds. The highest BCUT2D eigenvalue weighted by Crippen LogP contribution is 2.19. The minimum atomic E-state index is -0.506. The second-order valence-corrected chi connectivity index (χ2v) is 5.55. The number of rotatable bonds is 6. The van der Waals surface area contributed by atoms with Gasteiger partial charge in [0.05, 0.1) is 11.1 Å². The van der Waals surface area contributed by atoms with E-state index in [1.165, 1.54) is 16.8 Å². The SMILES string of the molecule is CCC(C)(CCBr)NC(=O)c1cc([N+](=O)[O-])cn1C. The van der Waals surface area contributed by atoms with Gasteiger partial charge in [0.15, 0.2) is 0 Å². The van der Waals surface area contributed by atoms with Crippen molar-refractivity contribution in [1.82, 2.24) is 9.88 Å². The molecule has 0 bridgehead atoms. The lowest BCUT2D eigenvalue weighted by Crippen LogP contribution is -2.46. The first kappa shape index (κ1) is 15.7. The zero-order valence-electron chi connectivity index (χ0n) is 11.3. The lowest BCUT2D eigenvalue weighted by molar-refractivity contribution is -0.384. The highest BCUT2D eigenvalue weighted by Gasteiger charge is 2.26. The lowest BCUT2D eigenvalue weighted by Gasteiger charge is -2.29. The molecule has 1 unspecified atom stereocenters. The Hall–Kier alpha value is -1.37. The van der Waals surface area contributed by atoms with E-state index in [1.54, 1.807) is 7.05 Å². The molecule has 0 aromatic carbocycles. The first-order chi connectivity index (χ1) is 8.83. The lowest BCUT2D eigenvalue weighted by atomic mass is 9.95. The van der Waals surface area contributed by atoms with Crippen molar-refractivity contribution in [2.24, 2.45) is 7.05 Å². The molecule has 1 aromatic rings. The highest BCUT2D eigenvalue weighted by atomic mass is 79.9. The quantitative estimate of drug-likeness (QED) is 0.494. The monoisotopic (exact) mass is 331 g/mol. The number of hydrogen-bond acceptors (Lipinski definition) is 3. The molecular formula is C12H18BrN3O3. The fraction of sp³-hybridized carbons (Fsp3) is 0.583. The van der Waals surface area contributed by atoms with Crippen LogP contribution in [0.4, 0.5) is 5.69 Å². The molecule has 0 aliphatic heterocycles. The van der Waals surface area contributed by atoms with Crippen LogP contribution in [0.2, 0.25) is 0 Å². The number of aromatic nitrogens is 1. The van der Waals surface area contributed by atoms with Gasteiger partial charge >= 0.3 is 0 Å². The number of aryl methyl sites for hydroxylation is 1. The molecule has 1 heterocycles. The molecule has 1 atom stereocenters. The van der Waals surface area contributed by atoms with E-state index in [9.17, 15) is 14.9 Å². The molecule has 0 fully saturated rings. The predicted octanol–water partition coefficient (Wildman–Crippen LogP) is 2.62. The minimum Gasteiger partial charge on any atom is -0.346 e. The average Bonchev–Trinajstić information content (AvgIpc) is 2.72. The van der Waals surface area contributed by atoms with Crippen molar-refractivity contribution >= 4 is 27.5 Å². The van der Waals surface area contributed by atoms with Crippen molar-refractivity contribution in [2.45, 2.75) is 32.2 Å². The van der Waals surface area contributed by atoms with Gasteiger partial charge in [-0.2, -0.15) is 0 Å². The molecule has 1 rings (SSSR count). The summed E-state index contributed by atoms with van der Waals surface area (Å²) in [4.78, 5) is 22.4. The molecular weight excluding hydrogens is 314 g/mol. The molecule has 0 saturated carbocycles. The summed E-state index contributed by atoms with van der Waals surface area (Å²) < 4.78 is 1.47. The minimum absolute atomic E-state index is 0.0775. The summed E-state index contributed by atoms with van der Waals surface area (Å²) in [5.41, 5.74) is -0.105. The normalized spacial score (nSPS) is 13.9. The van der Waals surface area contributed by atoms with Crippen LogP contribution in [0.5, 0.6) is 0 Å². The largest absolute Gasteiger partial charge is 0.346 e. The Morgan fingerprint density at radius 1 is 1.63 bits per heavy atom. The first-order valence-electron chi connectivity index (χ1n) is 6.02. The fourth-order valence-corrected chi connectivity index (χ4v) is 2.62. The third-order valence-electron chi connectivity index (χ3n) is 3.28. The van der Waals surface area contributed by atoms with Crippen LogP contribution in [0.1, 0.15) is 37.2 Å². The summed E-state index contributed by atoms with van der Waals surface area (Å²) >= 11 is 3.36. The maximum atomic E-state index is 12.2. The van der Waals surface area contributed by atoms with Gasteiger partial charge in [-0.1, -0.05) is 22.9 Å². The second-order valence-electron chi connectivity index (χ2n) is 4.76. The summed E-state index contributed by atoms with van der Waals surface area (Å²) in [5, 5.41) is 14.4.